The highest BCUT2D eigenvalue weighted by Crippen LogP contribution is 2.33. The predicted octanol–water partition coefficient (Wildman–Crippen LogP) is 0.0796. The third-order valence-corrected chi connectivity index (χ3v) is 6.67. The van der Waals surface area contributed by atoms with Gasteiger partial charge in [-0.05, 0) is 12.1 Å². The molecule has 3 heterocycles. The normalized spacial score (nSPS) is 25.0. The van der Waals surface area contributed by atoms with Crippen molar-refractivity contribution < 1.29 is 27.4 Å². The minimum Gasteiger partial charge on any atom is -0.486 e. The van der Waals surface area contributed by atoms with Crippen LogP contribution in [0.3, 0.4) is 0 Å². The molecule has 1 unspecified atom stereocenters. The van der Waals surface area contributed by atoms with Crippen molar-refractivity contribution in [2.75, 3.05) is 46.0 Å². The smallest absolute Gasteiger partial charge is 0.323 e. The maximum Gasteiger partial charge on any atom is 0.323 e. The highest BCUT2D eigenvalue weighted by Gasteiger charge is 2.37. The molecule has 4 rings (SSSR count). The maximum atomic E-state index is 12.9. The Morgan fingerprint density at radius 1 is 0.920 bits per heavy atom. The van der Waals surface area contributed by atoms with Crippen LogP contribution in [0.4, 0.5) is 0 Å². The lowest BCUT2D eigenvalue weighted by molar-refractivity contribution is -0.142. The summed E-state index contributed by atoms with van der Waals surface area (Å²) in [5.41, 5.74) is 0. The number of piperazine rings is 1. The number of carbonyl (C=O) groups excluding carboxylic acids is 1. The second kappa shape index (κ2) is 6.47. The van der Waals surface area contributed by atoms with Crippen molar-refractivity contribution in [1.29, 1.82) is 0 Å². The Morgan fingerprint density at radius 2 is 1.64 bits per heavy atom. The summed E-state index contributed by atoms with van der Waals surface area (Å²) in [6.07, 6.45) is 0.674. The number of rotatable bonds is 3. The number of carbonyl (C=O) groups is 1. The van der Waals surface area contributed by atoms with E-state index < -0.39 is 10.0 Å². The first-order valence-electron chi connectivity index (χ1n) is 8.36. The third-order valence-electron chi connectivity index (χ3n) is 4.77. The Morgan fingerprint density at radius 3 is 2.32 bits per heavy atom. The Balaban J connectivity index is 1.47. The number of sulfonamides is 1. The van der Waals surface area contributed by atoms with Gasteiger partial charge >= 0.3 is 5.97 Å². The van der Waals surface area contributed by atoms with Gasteiger partial charge in [-0.2, -0.15) is 4.31 Å². The van der Waals surface area contributed by atoms with Gasteiger partial charge in [-0.15, -0.1) is 0 Å². The van der Waals surface area contributed by atoms with Gasteiger partial charge in [-0.3, -0.25) is 9.69 Å². The number of hydrogen-bond acceptors (Lipinski definition) is 7. The molecule has 0 aliphatic carbocycles. The number of ether oxygens (including phenoxy) is 3. The molecule has 0 N–H and O–H groups in total. The lowest BCUT2D eigenvalue weighted by atomic mass is 10.2. The van der Waals surface area contributed by atoms with Gasteiger partial charge in [-0.25, -0.2) is 8.42 Å². The van der Waals surface area contributed by atoms with Crippen LogP contribution in [-0.4, -0.2) is 75.6 Å². The van der Waals surface area contributed by atoms with E-state index in [1.54, 1.807) is 12.1 Å². The zero-order chi connectivity index (χ0) is 17.4. The number of benzene rings is 1. The topological polar surface area (TPSA) is 85.4 Å². The van der Waals surface area contributed by atoms with Gasteiger partial charge in [0.2, 0.25) is 10.0 Å². The average molecular weight is 368 g/mol. The van der Waals surface area contributed by atoms with Crippen molar-refractivity contribution in [2.45, 2.75) is 17.4 Å². The number of hydrogen-bond donors (Lipinski definition) is 0. The molecule has 3 aliphatic heterocycles. The summed E-state index contributed by atoms with van der Waals surface area (Å²) in [4.78, 5) is 13.9. The number of cyclic esters (lactones) is 1. The molecule has 1 aromatic carbocycles. The van der Waals surface area contributed by atoms with E-state index in [-0.39, 0.29) is 16.9 Å². The van der Waals surface area contributed by atoms with Crippen molar-refractivity contribution in [3.05, 3.63) is 18.2 Å². The van der Waals surface area contributed by atoms with E-state index >= 15 is 0 Å². The second-order valence-corrected chi connectivity index (χ2v) is 8.16. The van der Waals surface area contributed by atoms with Gasteiger partial charge in [0.1, 0.15) is 19.3 Å². The summed E-state index contributed by atoms with van der Waals surface area (Å²) in [7, 11) is -3.60. The Bertz CT molecular complexity index is 773. The lowest BCUT2D eigenvalue weighted by Crippen LogP contribution is -2.52. The first kappa shape index (κ1) is 16.6. The highest BCUT2D eigenvalue weighted by atomic mass is 32.2. The van der Waals surface area contributed by atoms with Gasteiger partial charge in [-0.1, -0.05) is 0 Å². The maximum absolute atomic E-state index is 12.9. The van der Waals surface area contributed by atoms with E-state index in [4.69, 9.17) is 14.2 Å². The van der Waals surface area contributed by atoms with E-state index in [2.05, 4.69) is 0 Å². The fraction of sp³-hybridized carbons (Fsp3) is 0.562. The zero-order valence-electron chi connectivity index (χ0n) is 13.7. The van der Waals surface area contributed by atoms with Gasteiger partial charge in [0.25, 0.3) is 0 Å². The first-order valence-corrected chi connectivity index (χ1v) is 9.80. The third kappa shape index (κ3) is 3.07. The molecule has 0 saturated carbocycles. The molecule has 0 spiro atoms. The van der Waals surface area contributed by atoms with E-state index in [1.807, 2.05) is 4.90 Å². The van der Waals surface area contributed by atoms with Gasteiger partial charge in [0.15, 0.2) is 11.5 Å². The largest absolute Gasteiger partial charge is 0.486 e. The molecule has 0 amide bonds. The van der Waals surface area contributed by atoms with Crippen LogP contribution in [0.5, 0.6) is 11.5 Å². The van der Waals surface area contributed by atoms with Crippen molar-refractivity contribution >= 4 is 16.0 Å². The summed E-state index contributed by atoms with van der Waals surface area (Å²) in [5, 5.41) is 0. The Hall–Kier alpha value is -1.84. The molecular weight excluding hydrogens is 348 g/mol. The van der Waals surface area contributed by atoms with Crippen LogP contribution >= 0.6 is 0 Å². The number of fused-ring (bicyclic) bond motifs is 1. The van der Waals surface area contributed by atoms with E-state index in [1.165, 1.54) is 10.4 Å². The molecule has 1 aromatic rings. The first-order chi connectivity index (χ1) is 12.1. The van der Waals surface area contributed by atoms with Gasteiger partial charge < -0.3 is 14.2 Å². The molecule has 3 aliphatic rings. The van der Waals surface area contributed by atoms with E-state index in [0.29, 0.717) is 63.9 Å². The molecule has 9 heteroatoms. The molecule has 0 radical (unpaired) electrons. The van der Waals surface area contributed by atoms with Gasteiger partial charge in [0, 0.05) is 38.7 Å². The van der Waals surface area contributed by atoms with Crippen molar-refractivity contribution in [3.63, 3.8) is 0 Å². The summed E-state index contributed by atoms with van der Waals surface area (Å²) >= 11 is 0. The Kier molecular flexibility index (Phi) is 4.30. The minimum atomic E-state index is -3.60. The standard InChI is InChI=1S/C16H20N2O6S/c19-16-13(3-8-24-16)17-4-6-18(7-5-17)25(20,21)12-1-2-14-15(11-12)23-10-9-22-14/h1-2,11,13H,3-10H2. The Labute approximate surface area is 146 Å². The molecule has 0 aromatic heterocycles. The van der Waals surface area contributed by atoms with Crippen LogP contribution < -0.4 is 9.47 Å². The van der Waals surface area contributed by atoms with Crippen LogP contribution in [-0.2, 0) is 19.6 Å². The lowest BCUT2D eigenvalue weighted by Gasteiger charge is -2.35. The summed E-state index contributed by atoms with van der Waals surface area (Å²) in [6.45, 7) is 3.05. The summed E-state index contributed by atoms with van der Waals surface area (Å²) < 4.78 is 43.1. The number of nitrogens with zero attached hydrogens (tertiary/aromatic N) is 2. The second-order valence-electron chi connectivity index (χ2n) is 6.22. The fourth-order valence-corrected chi connectivity index (χ4v) is 4.84. The van der Waals surface area contributed by atoms with E-state index in [9.17, 15) is 13.2 Å². The van der Waals surface area contributed by atoms with Crippen LogP contribution in [0.25, 0.3) is 0 Å². The van der Waals surface area contributed by atoms with Crippen LogP contribution in [0.15, 0.2) is 23.1 Å². The SMILES string of the molecule is O=C1OCCC1N1CCN(S(=O)(=O)c2ccc3c(c2)OCCO3)CC1. The van der Waals surface area contributed by atoms with Crippen LogP contribution in [0.1, 0.15) is 6.42 Å². The highest BCUT2D eigenvalue weighted by molar-refractivity contribution is 7.89. The van der Waals surface area contributed by atoms with Gasteiger partial charge in [0.05, 0.1) is 11.5 Å². The summed E-state index contributed by atoms with van der Waals surface area (Å²) in [6, 6.07) is 4.46. The quantitative estimate of drug-likeness (QED) is 0.699. The molecule has 0 bridgehead atoms. The van der Waals surface area contributed by atoms with Crippen molar-refractivity contribution in [2.24, 2.45) is 0 Å². The molecule has 2 fully saturated rings. The van der Waals surface area contributed by atoms with Crippen molar-refractivity contribution in [1.82, 2.24) is 9.21 Å². The molecular formula is C16H20N2O6S. The van der Waals surface area contributed by atoms with Crippen LogP contribution in [0.2, 0.25) is 0 Å². The monoisotopic (exact) mass is 368 g/mol. The van der Waals surface area contributed by atoms with Crippen molar-refractivity contribution in [3.8, 4) is 11.5 Å². The fourth-order valence-electron chi connectivity index (χ4n) is 3.41. The predicted molar refractivity (Wildman–Crippen MR) is 87.1 cm³/mol. The van der Waals surface area contributed by atoms with Crippen LogP contribution in [0, 0.1) is 0 Å². The average Bonchev–Trinajstić information content (AvgIpc) is 3.07. The molecule has 1 atom stereocenters. The molecule has 2 saturated heterocycles. The van der Waals surface area contributed by atoms with E-state index in [0.717, 1.165) is 0 Å². The number of esters is 1. The molecule has 25 heavy (non-hydrogen) atoms. The zero-order valence-corrected chi connectivity index (χ0v) is 14.5. The molecule has 8 nitrogen and oxygen atoms in total. The molecule has 136 valence electrons. The summed E-state index contributed by atoms with van der Waals surface area (Å²) in [5.74, 6) is 0.817. The minimum absolute atomic E-state index is 0.200.